The molecule has 0 saturated heterocycles. The van der Waals surface area contributed by atoms with Crippen LogP contribution in [-0.2, 0) is 9.53 Å². The van der Waals surface area contributed by atoms with Crippen LogP contribution in [0.4, 0.5) is 0 Å². The normalized spacial score (nSPS) is 44.3. The van der Waals surface area contributed by atoms with E-state index in [0.717, 1.165) is 36.0 Å². The molecule has 3 fully saturated rings. The predicted molar refractivity (Wildman–Crippen MR) is 133 cm³/mol. The first-order valence-corrected chi connectivity index (χ1v) is 13.9. The smallest absolute Gasteiger partial charge is 0.302 e. The average Bonchev–Trinajstić information content (AvgIpc) is 3.07. The molecule has 0 aromatic rings. The summed E-state index contributed by atoms with van der Waals surface area (Å²) >= 11 is 0. The van der Waals surface area contributed by atoms with Gasteiger partial charge in [-0.25, -0.2) is 0 Å². The fourth-order valence-electron chi connectivity index (χ4n) is 9.33. The molecular formula is C30H50O2. The first-order valence-electron chi connectivity index (χ1n) is 13.9. The van der Waals surface area contributed by atoms with Crippen molar-refractivity contribution in [3.05, 3.63) is 11.6 Å². The van der Waals surface area contributed by atoms with Crippen LogP contribution in [0.5, 0.6) is 0 Å². The van der Waals surface area contributed by atoms with E-state index >= 15 is 0 Å². The van der Waals surface area contributed by atoms with E-state index in [4.69, 9.17) is 4.74 Å². The van der Waals surface area contributed by atoms with E-state index in [1.807, 2.05) is 5.57 Å². The zero-order chi connectivity index (χ0) is 23.3. The molecule has 4 aliphatic carbocycles. The third-order valence-corrected chi connectivity index (χ3v) is 11.1. The SMILES string of the molecule is CC(=O)O[C@H]1CC[C@]2(C)[C@H]3CC[C@@]4(C)[C@@H](CC[C@H]4[C@H](C)CCCC(C)C)C3=CC[C@H]2[C@@H]1C. The van der Waals surface area contributed by atoms with Crippen LogP contribution in [-0.4, -0.2) is 12.1 Å². The van der Waals surface area contributed by atoms with Gasteiger partial charge in [-0.15, -0.1) is 0 Å². The highest BCUT2D eigenvalue weighted by Crippen LogP contribution is 2.67. The number of hydrogen-bond acceptors (Lipinski definition) is 2. The van der Waals surface area contributed by atoms with E-state index < -0.39 is 0 Å². The van der Waals surface area contributed by atoms with Crippen LogP contribution in [0.2, 0.25) is 0 Å². The van der Waals surface area contributed by atoms with Crippen molar-refractivity contribution in [2.24, 2.45) is 52.3 Å². The van der Waals surface area contributed by atoms with Crippen LogP contribution in [0, 0.1) is 52.3 Å². The van der Waals surface area contributed by atoms with E-state index in [2.05, 4.69) is 47.6 Å². The van der Waals surface area contributed by atoms with Crippen LogP contribution in [0.15, 0.2) is 11.6 Å². The van der Waals surface area contributed by atoms with Gasteiger partial charge in [0.05, 0.1) is 0 Å². The third-order valence-electron chi connectivity index (χ3n) is 11.1. The molecule has 3 saturated carbocycles. The molecule has 0 bridgehead atoms. The number of fused-ring (bicyclic) bond motifs is 5. The fraction of sp³-hybridized carbons (Fsp3) is 0.900. The second-order valence-electron chi connectivity index (χ2n) is 13.2. The maximum absolute atomic E-state index is 11.6. The van der Waals surface area contributed by atoms with Gasteiger partial charge in [-0.2, -0.15) is 0 Å². The number of hydrogen-bond donors (Lipinski definition) is 0. The van der Waals surface area contributed by atoms with Crippen molar-refractivity contribution in [1.29, 1.82) is 0 Å². The Bertz CT molecular complexity index is 722. The van der Waals surface area contributed by atoms with Crippen molar-refractivity contribution in [1.82, 2.24) is 0 Å². The Kier molecular flexibility index (Phi) is 6.92. The lowest BCUT2D eigenvalue weighted by atomic mass is 9.46. The number of carbonyl (C=O) groups is 1. The van der Waals surface area contributed by atoms with Crippen LogP contribution in [0.25, 0.3) is 0 Å². The maximum Gasteiger partial charge on any atom is 0.302 e. The molecule has 0 aromatic heterocycles. The number of ether oxygens (including phenoxy) is 1. The van der Waals surface area contributed by atoms with Gasteiger partial charge < -0.3 is 4.74 Å². The summed E-state index contributed by atoms with van der Waals surface area (Å²) in [6.45, 7) is 16.5. The van der Waals surface area contributed by atoms with Crippen molar-refractivity contribution in [3.8, 4) is 0 Å². The van der Waals surface area contributed by atoms with Crippen molar-refractivity contribution in [2.75, 3.05) is 0 Å². The summed E-state index contributed by atoms with van der Waals surface area (Å²) in [4.78, 5) is 11.6. The van der Waals surface area contributed by atoms with Crippen molar-refractivity contribution >= 4 is 5.97 Å². The zero-order valence-electron chi connectivity index (χ0n) is 22.1. The molecule has 0 N–H and O–H groups in total. The zero-order valence-corrected chi connectivity index (χ0v) is 22.1. The summed E-state index contributed by atoms with van der Waals surface area (Å²) in [5, 5.41) is 0. The van der Waals surface area contributed by atoms with E-state index in [9.17, 15) is 4.79 Å². The van der Waals surface area contributed by atoms with Crippen LogP contribution < -0.4 is 0 Å². The second-order valence-corrected chi connectivity index (χ2v) is 13.2. The molecule has 0 aliphatic heterocycles. The number of esters is 1. The van der Waals surface area contributed by atoms with Crippen molar-refractivity contribution < 1.29 is 9.53 Å². The number of rotatable bonds is 6. The average molecular weight is 443 g/mol. The standard InChI is InChI=1S/C30H50O2/c1-19(2)9-8-10-20(3)24-13-14-26-23-11-12-25-21(4)28(32-22(5)31)16-18-30(25,7)27(23)15-17-29(24,26)6/h11,19-21,24-28H,8-10,12-18H2,1-7H3/t20-,21+,24+,25+,26+,27+,28+,29-,30+/m1/s1. The minimum Gasteiger partial charge on any atom is -0.462 e. The molecule has 0 aromatic carbocycles. The maximum atomic E-state index is 11.6. The van der Waals surface area contributed by atoms with Gasteiger partial charge in [0, 0.05) is 6.92 Å². The van der Waals surface area contributed by atoms with E-state index in [1.54, 1.807) is 6.92 Å². The summed E-state index contributed by atoms with van der Waals surface area (Å²) in [6.07, 6.45) is 16.2. The Labute approximate surface area is 198 Å². The molecule has 4 rings (SSSR count). The number of allylic oxidation sites excluding steroid dienone is 2. The minimum absolute atomic E-state index is 0.106. The molecule has 0 heterocycles. The second kappa shape index (κ2) is 9.10. The molecular weight excluding hydrogens is 392 g/mol. The van der Waals surface area contributed by atoms with Gasteiger partial charge in [-0.3, -0.25) is 4.79 Å². The lowest BCUT2D eigenvalue weighted by molar-refractivity contribution is -0.158. The van der Waals surface area contributed by atoms with Crippen molar-refractivity contribution in [2.45, 2.75) is 119 Å². The Hall–Kier alpha value is -0.790. The van der Waals surface area contributed by atoms with Gasteiger partial charge in [-0.1, -0.05) is 72.5 Å². The van der Waals surface area contributed by atoms with Gasteiger partial charge >= 0.3 is 5.97 Å². The van der Waals surface area contributed by atoms with Crippen LogP contribution in [0.3, 0.4) is 0 Å². The summed E-state index contributed by atoms with van der Waals surface area (Å²) in [5.74, 6) is 5.21. The molecule has 32 heavy (non-hydrogen) atoms. The monoisotopic (exact) mass is 442 g/mol. The van der Waals surface area contributed by atoms with Crippen LogP contribution in [0.1, 0.15) is 113 Å². The first-order chi connectivity index (χ1) is 15.1. The van der Waals surface area contributed by atoms with E-state index in [0.29, 0.717) is 22.7 Å². The van der Waals surface area contributed by atoms with Gasteiger partial charge in [0.25, 0.3) is 0 Å². The lowest BCUT2D eigenvalue weighted by Gasteiger charge is -2.59. The first kappa shape index (κ1) is 24.3. The highest BCUT2D eigenvalue weighted by Gasteiger charge is 2.59. The summed E-state index contributed by atoms with van der Waals surface area (Å²) in [5.41, 5.74) is 2.76. The molecule has 2 nitrogen and oxygen atoms in total. The molecule has 2 heteroatoms. The molecule has 4 aliphatic rings. The van der Waals surface area contributed by atoms with Gasteiger partial charge in [0.2, 0.25) is 0 Å². The van der Waals surface area contributed by atoms with Gasteiger partial charge in [0.15, 0.2) is 0 Å². The van der Waals surface area contributed by atoms with Crippen molar-refractivity contribution in [3.63, 3.8) is 0 Å². The number of carbonyl (C=O) groups excluding carboxylic acids is 1. The summed E-state index contributed by atoms with van der Waals surface area (Å²) in [6, 6.07) is 0. The summed E-state index contributed by atoms with van der Waals surface area (Å²) in [7, 11) is 0. The topological polar surface area (TPSA) is 26.3 Å². The molecule has 9 atom stereocenters. The molecule has 0 radical (unpaired) electrons. The molecule has 0 amide bonds. The molecule has 0 unspecified atom stereocenters. The summed E-state index contributed by atoms with van der Waals surface area (Å²) < 4.78 is 5.75. The quantitative estimate of drug-likeness (QED) is 0.306. The predicted octanol–water partition coefficient (Wildman–Crippen LogP) is 8.21. The highest BCUT2D eigenvalue weighted by atomic mass is 16.5. The Balaban J connectivity index is 1.50. The van der Waals surface area contributed by atoms with E-state index in [-0.39, 0.29) is 12.1 Å². The van der Waals surface area contributed by atoms with Crippen LogP contribution >= 0.6 is 0 Å². The molecule has 182 valence electrons. The largest absolute Gasteiger partial charge is 0.462 e. The Morgan fingerprint density at radius 3 is 2.41 bits per heavy atom. The van der Waals surface area contributed by atoms with Gasteiger partial charge in [-0.05, 0) is 97.2 Å². The Morgan fingerprint density at radius 1 is 1.03 bits per heavy atom. The Morgan fingerprint density at radius 2 is 1.72 bits per heavy atom. The third kappa shape index (κ3) is 4.11. The molecule has 0 spiro atoms. The minimum atomic E-state index is -0.106. The lowest BCUT2D eigenvalue weighted by Crippen LogP contribution is -2.53. The van der Waals surface area contributed by atoms with E-state index in [1.165, 1.54) is 57.8 Å². The highest BCUT2D eigenvalue weighted by molar-refractivity contribution is 5.66. The fourth-order valence-corrected chi connectivity index (χ4v) is 9.33. The van der Waals surface area contributed by atoms with Gasteiger partial charge in [0.1, 0.15) is 6.10 Å².